The molecule has 18 nitrogen and oxygen atoms in total. The summed E-state index contributed by atoms with van der Waals surface area (Å²) >= 11 is 5.86. The molecule has 0 amide bonds. The van der Waals surface area contributed by atoms with Crippen LogP contribution in [0.25, 0.3) is 0 Å². The number of aromatic amines is 1. The molecule has 0 saturated carbocycles. The highest BCUT2D eigenvalue weighted by molar-refractivity contribution is 6.30. The molecule has 1 unspecified atom stereocenters. The molecule has 1 fully saturated rings. The number of carbonyl (C=O) groups excluding carboxylic acids is 2. The summed E-state index contributed by atoms with van der Waals surface area (Å²) in [6.45, 7) is 7.03. The fourth-order valence-corrected chi connectivity index (χ4v) is 5.63. The van der Waals surface area contributed by atoms with Crippen molar-refractivity contribution in [1.29, 1.82) is 0 Å². The van der Waals surface area contributed by atoms with Crippen LogP contribution in [0.15, 0.2) is 4.79 Å². The molecule has 51 heavy (non-hydrogen) atoms. The van der Waals surface area contributed by atoms with Gasteiger partial charge in [0.1, 0.15) is 23.5 Å². The van der Waals surface area contributed by atoms with Crippen LogP contribution in [0.2, 0.25) is 5.15 Å². The summed E-state index contributed by atoms with van der Waals surface area (Å²) in [7, 11) is 1.28. The topological polar surface area (TPSA) is 268 Å². The first-order valence-corrected chi connectivity index (χ1v) is 17.0. The van der Waals surface area contributed by atoms with E-state index in [4.69, 9.17) is 47.7 Å². The molecule has 1 saturated heterocycles. The smallest absolute Gasteiger partial charge is 0.316 e. The van der Waals surface area contributed by atoms with Crippen molar-refractivity contribution in [3.63, 3.8) is 0 Å². The lowest BCUT2D eigenvalue weighted by atomic mass is 9.99. The van der Waals surface area contributed by atoms with Crippen molar-refractivity contribution < 1.29 is 33.3 Å². The molecule has 0 spiro atoms. The number of ether oxygens (including phenoxy) is 5. The molecule has 7 rings (SSSR count). The summed E-state index contributed by atoms with van der Waals surface area (Å²) < 4.78 is 25.0. The number of H-pyrrole nitrogens is 1. The molecule has 7 heterocycles. The standard InChI is InChI=1S/C11H18N4O.C7H8ClN3O.C7H9N3O2.C7H10O4/c1-2-3-5-13-10-8-4-6-16-7-9(8)14-11(12)15-10;8-6-4-1-2-12-3-5(4)10-7(9)11-6;8-7-9-5-3-12-2-1-4(5)6(11)10-7;1-10-7(9)5-2-3-11-4-6(5)8/h2-7H2,1H3,(H3,12,13,14,15);1-3H2,(H2,9,10,11);1-3H2,(H3,8,9,10,11);5H,2-4H2,1H3. The monoisotopic (exact) mass is 732 g/mol. The van der Waals surface area contributed by atoms with Crippen LogP contribution >= 0.6 is 11.6 Å². The van der Waals surface area contributed by atoms with Gasteiger partial charge >= 0.3 is 5.97 Å². The SMILES string of the molecule is CCCCNc1nc(N)nc2c1CCOC2.COC(=O)C1CCOCC1=O.Nc1nc(Cl)c2c(n1)COCC2.Nc1nc2c(c(=O)[nH]1)CCOC2. The highest BCUT2D eigenvalue weighted by Crippen LogP contribution is 2.23. The average Bonchev–Trinajstić information content (AvgIpc) is 3.12. The van der Waals surface area contributed by atoms with Crippen LogP contribution in [-0.4, -0.2) is 88.3 Å². The van der Waals surface area contributed by atoms with Gasteiger partial charge in [-0.25, -0.2) is 19.9 Å². The number of aromatic nitrogens is 6. The van der Waals surface area contributed by atoms with Gasteiger partial charge < -0.3 is 46.2 Å². The van der Waals surface area contributed by atoms with Crippen molar-refractivity contribution in [2.75, 3.05) is 69.2 Å². The second kappa shape index (κ2) is 19.8. The number of nitrogens with one attached hydrogen (secondary N) is 2. The second-order valence-electron chi connectivity index (χ2n) is 11.6. The highest BCUT2D eigenvalue weighted by Gasteiger charge is 2.30. The maximum atomic E-state index is 11.3. The van der Waals surface area contributed by atoms with Crippen LogP contribution in [0, 0.1) is 5.92 Å². The lowest BCUT2D eigenvalue weighted by Crippen LogP contribution is -2.33. The van der Waals surface area contributed by atoms with Crippen LogP contribution in [0.1, 0.15) is 60.0 Å². The maximum Gasteiger partial charge on any atom is 0.316 e. The Balaban J connectivity index is 0.000000154. The second-order valence-corrected chi connectivity index (χ2v) is 12.0. The van der Waals surface area contributed by atoms with E-state index < -0.39 is 11.9 Å². The van der Waals surface area contributed by atoms with Crippen LogP contribution < -0.4 is 28.1 Å². The third-order valence-corrected chi connectivity index (χ3v) is 8.30. The number of methoxy groups -OCH3 is 1. The molecule has 19 heteroatoms. The van der Waals surface area contributed by atoms with Gasteiger partial charge in [0.05, 0.1) is 63.8 Å². The number of nitrogens with two attached hydrogens (primary N) is 3. The number of halogens is 1. The van der Waals surface area contributed by atoms with E-state index in [1.165, 1.54) is 13.5 Å². The van der Waals surface area contributed by atoms with Gasteiger partial charge in [0.2, 0.25) is 17.8 Å². The first kappa shape index (κ1) is 39.3. The van der Waals surface area contributed by atoms with Gasteiger partial charge in [-0.1, -0.05) is 24.9 Å². The van der Waals surface area contributed by atoms with Crippen molar-refractivity contribution >= 4 is 47.0 Å². The van der Waals surface area contributed by atoms with E-state index in [0.29, 0.717) is 74.8 Å². The summed E-state index contributed by atoms with van der Waals surface area (Å²) in [5.41, 5.74) is 21.6. The number of unbranched alkanes of at least 4 members (excludes halogenated alkanes) is 1. The Kier molecular flexibility index (Phi) is 15.2. The van der Waals surface area contributed by atoms with Crippen LogP contribution in [0.4, 0.5) is 23.7 Å². The Morgan fingerprint density at radius 3 is 2.02 bits per heavy atom. The zero-order chi connectivity index (χ0) is 36.8. The van der Waals surface area contributed by atoms with Crippen LogP contribution in [0.5, 0.6) is 0 Å². The van der Waals surface area contributed by atoms with E-state index in [9.17, 15) is 14.4 Å². The Hall–Kier alpha value is -4.49. The molecule has 0 aromatic carbocycles. The van der Waals surface area contributed by atoms with Crippen molar-refractivity contribution in [1.82, 2.24) is 29.9 Å². The minimum Gasteiger partial charge on any atom is -0.468 e. The highest BCUT2D eigenvalue weighted by atomic mass is 35.5. The third kappa shape index (κ3) is 11.5. The van der Waals surface area contributed by atoms with Gasteiger partial charge in [0, 0.05) is 49.1 Å². The molecule has 3 aromatic heterocycles. The fourth-order valence-electron chi connectivity index (χ4n) is 5.34. The molecule has 8 N–H and O–H groups in total. The first-order valence-electron chi connectivity index (χ1n) is 16.6. The Morgan fingerprint density at radius 2 is 1.39 bits per heavy atom. The van der Waals surface area contributed by atoms with Gasteiger partial charge in [0.15, 0.2) is 5.78 Å². The fraction of sp³-hybridized carbons (Fsp3) is 0.562. The number of nitrogen functional groups attached to an aromatic ring is 3. The minimum absolute atomic E-state index is 0.0414. The quantitative estimate of drug-likeness (QED) is 0.107. The molecular formula is C32H45ClN10O8. The predicted molar refractivity (Wildman–Crippen MR) is 187 cm³/mol. The lowest BCUT2D eigenvalue weighted by molar-refractivity contribution is -0.154. The third-order valence-electron chi connectivity index (χ3n) is 7.99. The molecule has 278 valence electrons. The zero-order valence-corrected chi connectivity index (χ0v) is 29.6. The molecule has 4 aliphatic heterocycles. The molecule has 4 aliphatic rings. The molecule has 1 atom stereocenters. The van der Waals surface area contributed by atoms with Crippen LogP contribution in [-0.2, 0) is 72.4 Å². The number of fused-ring (bicyclic) bond motifs is 3. The number of carbonyl (C=O) groups is 2. The largest absolute Gasteiger partial charge is 0.468 e. The average molecular weight is 733 g/mol. The number of ketones is 1. The normalized spacial score (nSPS) is 17.3. The Morgan fingerprint density at radius 1 is 0.824 bits per heavy atom. The summed E-state index contributed by atoms with van der Waals surface area (Å²) in [5, 5.41) is 3.79. The van der Waals surface area contributed by atoms with E-state index >= 15 is 0 Å². The predicted octanol–water partition coefficient (Wildman–Crippen LogP) is 1.32. The van der Waals surface area contributed by atoms with E-state index in [-0.39, 0.29) is 29.8 Å². The van der Waals surface area contributed by atoms with Crippen molar-refractivity contribution in [2.45, 2.75) is 65.3 Å². The number of hydrogen-bond acceptors (Lipinski definition) is 17. The number of anilines is 4. The van der Waals surface area contributed by atoms with Gasteiger partial charge in [-0.05, 0) is 12.8 Å². The van der Waals surface area contributed by atoms with E-state index in [0.717, 1.165) is 60.7 Å². The first-order chi connectivity index (χ1) is 24.6. The van der Waals surface area contributed by atoms with E-state index in [1.54, 1.807) is 0 Å². The van der Waals surface area contributed by atoms with Crippen molar-refractivity contribution in [3.8, 4) is 0 Å². The Bertz CT molecular complexity index is 1700. The summed E-state index contributed by atoms with van der Waals surface area (Å²) in [6.07, 6.45) is 5.01. The molecular weight excluding hydrogens is 688 g/mol. The molecule has 0 bridgehead atoms. The molecule has 3 aromatic rings. The number of nitrogens with zero attached hydrogens (tertiary/aromatic N) is 5. The summed E-state index contributed by atoms with van der Waals surface area (Å²) in [4.78, 5) is 55.9. The van der Waals surface area contributed by atoms with E-state index in [1.807, 2.05) is 0 Å². The number of rotatable bonds is 5. The Labute approximate surface area is 299 Å². The van der Waals surface area contributed by atoms with E-state index in [2.05, 4.69) is 46.9 Å². The van der Waals surface area contributed by atoms with Crippen molar-refractivity contribution in [2.24, 2.45) is 5.92 Å². The zero-order valence-electron chi connectivity index (χ0n) is 28.8. The summed E-state index contributed by atoms with van der Waals surface area (Å²) in [6, 6.07) is 0. The van der Waals surface area contributed by atoms with Gasteiger partial charge in [-0.3, -0.25) is 19.4 Å². The lowest BCUT2D eigenvalue weighted by Gasteiger charge is -2.19. The van der Waals surface area contributed by atoms with Gasteiger partial charge in [0.25, 0.3) is 5.56 Å². The van der Waals surface area contributed by atoms with Gasteiger partial charge in [-0.2, -0.15) is 4.98 Å². The minimum atomic E-state index is -0.589. The number of Topliss-reactive ketones (excluding diaryl/α,β-unsaturated/α-hetero) is 1. The summed E-state index contributed by atoms with van der Waals surface area (Å²) in [5.74, 6) is 0.367. The number of esters is 1. The van der Waals surface area contributed by atoms with Crippen LogP contribution in [0.3, 0.4) is 0 Å². The van der Waals surface area contributed by atoms with Gasteiger partial charge in [-0.15, -0.1) is 0 Å². The van der Waals surface area contributed by atoms with Crippen molar-refractivity contribution in [3.05, 3.63) is 49.3 Å². The number of hydrogen-bond donors (Lipinski definition) is 5. The molecule has 0 aliphatic carbocycles. The molecule has 0 radical (unpaired) electrons. The maximum absolute atomic E-state index is 11.3.